The number of aryl methyl sites for hydroxylation is 1. The number of pyridine rings is 1. The lowest BCUT2D eigenvalue weighted by atomic mass is 10.2. The van der Waals surface area contributed by atoms with Crippen LogP contribution >= 0.6 is 0 Å². The zero-order chi connectivity index (χ0) is 13.6. The molecule has 0 unspecified atom stereocenters. The van der Waals surface area contributed by atoms with Gasteiger partial charge in [-0.3, -0.25) is 9.78 Å². The maximum atomic E-state index is 11.7. The molecule has 1 rings (SSSR count). The molecule has 0 saturated heterocycles. The highest BCUT2D eigenvalue weighted by molar-refractivity contribution is 7.89. The Hall–Kier alpha value is -1.47. The summed E-state index contributed by atoms with van der Waals surface area (Å²) in [5, 5.41) is 8.79. The van der Waals surface area contributed by atoms with E-state index in [4.69, 9.17) is 5.11 Å². The number of carboxylic acids is 1. The average molecular weight is 272 g/mol. The largest absolute Gasteiger partial charge is 0.480 e. The van der Waals surface area contributed by atoms with Crippen molar-refractivity contribution < 1.29 is 18.3 Å². The van der Waals surface area contributed by atoms with E-state index < -0.39 is 22.0 Å². The molecule has 0 aliphatic rings. The first kappa shape index (κ1) is 14.6. The lowest BCUT2D eigenvalue weighted by molar-refractivity contribution is -0.139. The molecular formula is C11H16N2O4S. The quantitative estimate of drug-likeness (QED) is 0.749. The first-order valence-electron chi connectivity index (χ1n) is 5.56. The van der Waals surface area contributed by atoms with E-state index in [1.807, 2.05) is 0 Å². The first-order chi connectivity index (χ1) is 8.44. The molecule has 0 aliphatic heterocycles. The molecule has 0 aromatic carbocycles. The lowest BCUT2D eigenvalue weighted by Gasteiger charge is -2.12. The van der Waals surface area contributed by atoms with Gasteiger partial charge in [0.1, 0.15) is 6.04 Å². The minimum atomic E-state index is -3.59. The number of rotatable bonds is 7. The molecule has 1 aromatic rings. The summed E-state index contributed by atoms with van der Waals surface area (Å²) in [5.74, 6) is -1.30. The van der Waals surface area contributed by atoms with Crippen LogP contribution in [0, 0.1) is 0 Å². The van der Waals surface area contributed by atoms with Gasteiger partial charge in [0.15, 0.2) is 0 Å². The molecule has 0 bridgehead atoms. The second-order valence-electron chi connectivity index (χ2n) is 3.84. The summed E-state index contributed by atoms with van der Waals surface area (Å²) in [5.41, 5.74) is 0.846. The molecule has 1 heterocycles. The van der Waals surface area contributed by atoms with Crippen molar-refractivity contribution in [1.29, 1.82) is 0 Å². The van der Waals surface area contributed by atoms with Crippen LogP contribution in [0.3, 0.4) is 0 Å². The number of nitrogens with one attached hydrogen (secondary N) is 1. The Morgan fingerprint density at radius 2 is 2.06 bits per heavy atom. The van der Waals surface area contributed by atoms with Gasteiger partial charge in [-0.1, -0.05) is 6.92 Å². The summed E-state index contributed by atoms with van der Waals surface area (Å²) in [6, 6.07) is 2.39. The highest BCUT2D eigenvalue weighted by Gasteiger charge is 2.21. The summed E-state index contributed by atoms with van der Waals surface area (Å²) < 4.78 is 25.5. The Morgan fingerprint density at radius 1 is 1.44 bits per heavy atom. The Balaban J connectivity index is 2.57. The molecule has 0 radical (unpaired) electrons. The fourth-order valence-corrected chi connectivity index (χ4v) is 2.71. The van der Waals surface area contributed by atoms with Crippen LogP contribution in [0.15, 0.2) is 24.5 Å². The minimum absolute atomic E-state index is 0.138. The Morgan fingerprint density at radius 3 is 2.56 bits per heavy atom. The molecule has 1 aromatic heterocycles. The monoisotopic (exact) mass is 272 g/mol. The van der Waals surface area contributed by atoms with Gasteiger partial charge in [0.05, 0.1) is 5.75 Å². The van der Waals surface area contributed by atoms with Crippen molar-refractivity contribution in [1.82, 2.24) is 9.71 Å². The maximum Gasteiger partial charge on any atom is 0.321 e. The van der Waals surface area contributed by atoms with Gasteiger partial charge in [-0.25, -0.2) is 13.1 Å². The molecular weight excluding hydrogens is 256 g/mol. The Kier molecular flexibility index (Phi) is 5.24. The Bertz CT molecular complexity index is 487. The third-order valence-electron chi connectivity index (χ3n) is 2.44. The number of carboxylic acid groups (broad SMARTS) is 1. The SMILES string of the molecule is CC[C@H](NS(=O)(=O)CCc1ccncc1)C(=O)O. The van der Waals surface area contributed by atoms with E-state index in [2.05, 4.69) is 9.71 Å². The lowest BCUT2D eigenvalue weighted by Crippen LogP contribution is -2.41. The standard InChI is InChI=1S/C11H16N2O4S/c1-2-10(11(14)15)13-18(16,17)8-5-9-3-6-12-7-4-9/h3-4,6-7,10,13H,2,5,8H2,1H3,(H,14,15)/t10-/m0/s1. The predicted octanol–water partition coefficient (Wildman–Crippen LogP) is 0.407. The van der Waals surface area contributed by atoms with Gasteiger partial charge >= 0.3 is 5.97 Å². The molecule has 0 saturated carbocycles. The van der Waals surface area contributed by atoms with Crippen molar-refractivity contribution in [3.05, 3.63) is 30.1 Å². The smallest absolute Gasteiger partial charge is 0.321 e. The number of sulfonamides is 1. The molecule has 6 nitrogen and oxygen atoms in total. The van der Waals surface area contributed by atoms with Gasteiger partial charge in [-0.15, -0.1) is 0 Å². The maximum absolute atomic E-state index is 11.7. The van der Waals surface area contributed by atoms with Crippen molar-refractivity contribution in [2.24, 2.45) is 0 Å². The number of carbonyl (C=O) groups is 1. The van der Waals surface area contributed by atoms with Crippen LogP contribution in [0.25, 0.3) is 0 Å². The number of aromatic nitrogens is 1. The van der Waals surface area contributed by atoms with Crippen molar-refractivity contribution in [2.45, 2.75) is 25.8 Å². The molecule has 18 heavy (non-hydrogen) atoms. The van der Waals surface area contributed by atoms with Crippen LogP contribution in [0.1, 0.15) is 18.9 Å². The number of aliphatic carboxylic acids is 1. The second-order valence-corrected chi connectivity index (χ2v) is 5.71. The summed E-state index contributed by atoms with van der Waals surface area (Å²) in [7, 11) is -3.59. The minimum Gasteiger partial charge on any atom is -0.480 e. The number of nitrogens with zero attached hydrogens (tertiary/aromatic N) is 1. The van der Waals surface area contributed by atoms with Gasteiger partial charge < -0.3 is 5.11 Å². The van der Waals surface area contributed by atoms with Crippen LogP contribution in [-0.4, -0.2) is 36.3 Å². The Labute approximate surface area is 106 Å². The van der Waals surface area contributed by atoms with Gasteiger partial charge in [-0.05, 0) is 30.5 Å². The summed E-state index contributed by atoms with van der Waals surface area (Å²) >= 11 is 0. The van der Waals surface area contributed by atoms with E-state index in [1.165, 1.54) is 0 Å². The number of hydrogen-bond acceptors (Lipinski definition) is 4. The molecule has 0 amide bonds. The zero-order valence-corrected chi connectivity index (χ0v) is 10.9. The fourth-order valence-electron chi connectivity index (χ4n) is 1.39. The van der Waals surface area contributed by atoms with Crippen molar-refractivity contribution in [3.63, 3.8) is 0 Å². The van der Waals surface area contributed by atoms with E-state index in [0.717, 1.165) is 5.56 Å². The van der Waals surface area contributed by atoms with E-state index in [1.54, 1.807) is 31.5 Å². The van der Waals surface area contributed by atoms with Crippen molar-refractivity contribution in [2.75, 3.05) is 5.75 Å². The second kappa shape index (κ2) is 6.46. The van der Waals surface area contributed by atoms with Crippen LogP contribution in [0.4, 0.5) is 0 Å². The van der Waals surface area contributed by atoms with E-state index in [0.29, 0.717) is 6.42 Å². The summed E-state index contributed by atoms with van der Waals surface area (Å²) in [4.78, 5) is 14.6. The average Bonchev–Trinajstić information content (AvgIpc) is 2.35. The van der Waals surface area contributed by atoms with E-state index in [-0.39, 0.29) is 12.2 Å². The summed E-state index contributed by atoms with van der Waals surface area (Å²) in [6.45, 7) is 1.62. The van der Waals surface area contributed by atoms with Gasteiger partial charge in [0.25, 0.3) is 0 Å². The third kappa shape index (κ3) is 4.80. The first-order valence-corrected chi connectivity index (χ1v) is 7.21. The molecule has 100 valence electrons. The predicted molar refractivity (Wildman–Crippen MR) is 66.6 cm³/mol. The molecule has 7 heteroatoms. The summed E-state index contributed by atoms with van der Waals surface area (Å²) in [6.07, 6.45) is 3.71. The molecule has 0 aliphatic carbocycles. The highest BCUT2D eigenvalue weighted by atomic mass is 32.2. The fraction of sp³-hybridized carbons (Fsp3) is 0.455. The van der Waals surface area contributed by atoms with Crippen LogP contribution < -0.4 is 4.72 Å². The normalized spacial score (nSPS) is 13.2. The third-order valence-corrected chi connectivity index (χ3v) is 3.82. The van der Waals surface area contributed by atoms with Crippen molar-refractivity contribution >= 4 is 16.0 Å². The van der Waals surface area contributed by atoms with Crippen LogP contribution in [0.2, 0.25) is 0 Å². The molecule has 0 fully saturated rings. The van der Waals surface area contributed by atoms with Crippen LogP contribution in [0.5, 0.6) is 0 Å². The topological polar surface area (TPSA) is 96.4 Å². The highest BCUT2D eigenvalue weighted by Crippen LogP contribution is 2.02. The molecule has 1 atom stereocenters. The van der Waals surface area contributed by atoms with Crippen LogP contribution in [-0.2, 0) is 21.2 Å². The van der Waals surface area contributed by atoms with Gasteiger partial charge in [-0.2, -0.15) is 0 Å². The van der Waals surface area contributed by atoms with Crippen molar-refractivity contribution in [3.8, 4) is 0 Å². The van der Waals surface area contributed by atoms with E-state index >= 15 is 0 Å². The van der Waals surface area contributed by atoms with Gasteiger partial charge in [0.2, 0.25) is 10.0 Å². The molecule has 2 N–H and O–H groups in total. The number of hydrogen-bond donors (Lipinski definition) is 2. The van der Waals surface area contributed by atoms with E-state index in [9.17, 15) is 13.2 Å². The van der Waals surface area contributed by atoms with Gasteiger partial charge in [0, 0.05) is 12.4 Å². The zero-order valence-electron chi connectivity index (χ0n) is 10.0. The molecule has 0 spiro atoms.